The molecular weight excluding hydrogens is 236 g/mol. The van der Waals surface area contributed by atoms with Crippen molar-refractivity contribution in [2.75, 3.05) is 23.9 Å². The number of aliphatic hydroxyl groups excluding tert-OH is 1. The molecule has 0 aliphatic heterocycles. The lowest BCUT2D eigenvalue weighted by Crippen LogP contribution is -2.13. The second kappa shape index (κ2) is 6.77. The number of anilines is 2. The highest BCUT2D eigenvalue weighted by Gasteiger charge is 2.10. The van der Waals surface area contributed by atoms with Gasteiger partial charge in [-0.05, 0) is 18.4 Å². The molecule has 5 N–H and O–H groups in total. The summed E-state index contributed by atoms with van der Waals surface area (Å²) >= 11 is 0. The van der Waals surface area contributed by atoms with Gasteiger partial charge in [0.2, 0.25) is 0 Å². The molecule has 0 amide bonds. The van der Waals surface area contributed by atoms with Gasteiger partial charge in [0.05, 0.1) is 10.6 Å². The van der Waals surface area contributed by atoms with Gasteiger partial charge in [0.1, 0.15) is 0 Å². The Morgan fingerprint density at radius 3 is 2.67 bits per heavy atom. The normalized spacial score (nSPS) is 11.9. The van der Waals surface area contributed by atoms with Crippen molar-refractivity contribution < 1.29 is 10.0 Å². The van der Waals surface area contributed by atoms with Crippen molar-refractivity contribution in [3.63, 3.8) is 0 Å². The van der Waals surface area contributed by atoms with Gasteiger partial charge in [-0.15, -0.1) is 0 Å². The van der Waals surface area contributed by atoms with E-state index in [2.05, 4.69) is 10.7 Å². The Morgan fingerprint density at radius 2 is 2.11 bits per heavy atom. The van der Waals surface area contributed by atoms with Gasteiger partial charge in [0.15, 0.2) is 0 Å². The van der Waals surface area contributed by atoms with Crippen LogP contribution in [0.4, 0.5) is 17.1 Å². The van der Waals surface area contributed by atoms with Crippen LogP contribution in [0.25, 0.3) is 0 Å². The highest BCUT2D eigenvalue weighted by Crippen LogP contribution is 2.24. The first-order valence-electron chi connectivity index (χ1n) is 5.67. The summed E-state index contributed by atoms with van der Waals surface area (Å²) in [5, 5.41) is 22.6. The molecule has 1 aromatic rings. The molecule has 0 aromatic heterocycles. The molecule has 0 aliphatic carbocycles. The monoisotopic (exact) mass is 254 g/mol. The quantitative estimate of drug-likeness (QED) is 0.331. The first-order valence-corrected chi connectivity index (χ1v) is 5.67. The summed E-state index contributed by atoms with van der Waals surface area (Å²) in [7, 11) is 0. The van der Waals surface area contributed by atoms with Crippen LogP contribution in [0.5, 0.6) is 0 Å². The van der Waals surface area contributed by atoms with Crippen molar-refractivity contribution in [1.29, 1.82) is 0 Å². The van der Waals surface area contributed by atoms with Gasteiger partial charge in [-0.2, -0.15) is 0 Å². The van der Waals surface area contributed by atoms with Crippen LogP contribution in [-0.2, 0) is 0 Å². The Hall–Kier alpha value is -1.86. The number of hydrogen-bond donors (Lipinski definition) is 4. The van der Waals surface area contributed by atoms with E-state index < -0.39 is 4.92 Å². The molecule has 1 rings (SSSR count). The Kier molecular flexibility index (Phi) is 5.34. The van der Waals surface area contributed by atoms with Crippen LogP contribution < -0.4 is 16.6 Å². The summed E-state index contributed by atoms with van der Waals surface area (Å²) in [5.41, 5.74) is 3.47. The van der Waals surface area contributed by atoms with Crippen molar-refractivity contribution in [3.05, 3.63) is 28.3 Å². The molecule has 0 radical (unpaired) electrons. The highest BCUT2D eigenvalue weighted by atomic mass is 16.6. The molecule has 0 bridgehead atoms. The summed E-state index contributed by atoms with van der Waals surface area (Å²) in [5.74, 6) is 5.54. The third-order valence-corrected chi connectivity index (χ3v) is 2.57. The van der Waals surface area contributed by atoms with Gasteiger partial charge in [-0.3, -0.25) is 16.0 Å². The predicted octanol–water partition coefficient (Wildman–Crippen LogP) is 1.31. The zero-order valence-electron chi connectivity index (χ0n) is 10.2. The van der Waals surface area contributed by atoms with Crippen molar-refractivity contribution in [2.24, 2.45) is 11.8 Å². The van der Waals surface area contributed by atoms with E-state index >= 15 is 0 Å². The summed E-state index contributed by atoms with van der Waals surface area (Å²) < 4.78 is 0. The topological polar surface area (TPSA) is 113 Å². The minimum atomic E-state index is -0.469. The molecule has 7 nitrogen and oxygen atoms in total. The summed E-state index contributed by atoms with van der Waals surface area (Å²) in [4.78, 5) is 10.3. The van der Waals surface area contributed by atoms with Gasteiger partial charge in [0, 0.05) is 31.0 Å². The summed E-state index contributed by atoms with van der Waals surface area (Å²) in [6.07, 6.45) is 0.684. The Bertz CT molecular complexity index is 411. The van der Waals surface area contributed by atoms with E-state index in [1.807, 2.05) is 6.92 Å². The number of nitrogens with two attached hydrogens (primary N) is 1. The number of non-ortho nitro benzene ring substituents is 1. The zero-order valence-corrected chi connectivity index (χ0v) is 10.2. The maximum Gasteiger partial charge on any atom is 0.273 e. The van der Waals surface area contributed by atoms with Crippen LogP contribution in [-0.4, -0.2) is 23.2 Å². The fourth-order valence-corrected chi connectivity index (χ4v) is 1.52. The largest absolute Gasteiger partial charge is 0.396 e. The molecule has 1 unspecified atom stereocenters. The van der Waals surface area contributed by atoms with E-state index in [4.69, 9.17) is 10.9 Å². The number of aliphatic hydroxyl groups is 1. The van der Waals surface area contributed by atoms with Crippen LogP contribution in [0.15, 0.2) is 18.2 Å². The number of hydrazine groups is 1. The molecule has 0 aliphatic rings. The molecule has 0 heterocycles. The number of nitro benzene ring substituents is 1. The standard InChI is InChI=1S/C11H18N4O3/c1-8(2-3-16)7-13-9-4-10(14-12)6-11(5-9)15(17)18/h4-6,8,13-14,16H,2-3,7,12H2,1H3. The number of nitrogens with one attached hydrogen (secondary N) is 2. The van der Waals surface area contributed by atoms with Crippen LogP contribution in [0.2, 0.25) is 0 Å². The van der Waals surface area contributed by atoms with Crippen LogP contribution in [0.1, 0.15) is 13.3 Å². The molecule has 0 fully saturated rings. The van der Waals surface area contributed by atoms with Crippen LogP contribution in [0.3, 0.4) is 0 Å². The van der Waals surface area contributed by atoms with E-state index in [1.54, 1.807) is 6.07 Å². The van der Waals surface area contributed by atoms with Crippen molar-refractivity contribution in [2.45, 2.75) is 13.3 Å². The molecule has 1 aromatic carbocycles. The Balaban J connectivity index is 2.75. The zero-order chi connectivity index (χ0) is 13.5. The average Bonchev–Trinajstić information content (AvgIpc) is 2.36. The molecule has 0 saturated heterocycles. The minimum absolute atomic E-state index is 0.0252. The van der Waals surface area contributed by atoms with E-state index in [0.29, 0.717) is 24.3 Å². The molecule has 0 spiro atoms. The fraction of sp³-hybridized carbons (Fsp3) is 0.455. The van der Waals surface area contributed by atoms with Gasteiger partial charge >= 0.3 is 0 Å². The third kappa shape index (κ3) is 4.19. The van der Waals surface area contributed by atoms with E-state index in [9.17, 15) is 10.1 Å². The second-order valence-corrected chi connectivity index (χ2v) is 4.17. The maximum atomic E-state index is 10.7. The summed E-state index contributed by atoms with van der Waals surface area (Å²) in [6, 6.07) is 4.51. The Labute approximate surface area is 105 Å². The van der Waals surface area contributed by atoms with Crippen LogP contribution in [0, 0.1) is 16.0 Å². The number of nitro groups is 1. The number of rotatable bonds is 7. The van der Waals surface area contributed by atoms with Crippen molar-refractivity contribution >= 4 is 17.1 Å². The lowest BCUT2D eigenvalue weighted by molar-refractivity contribution is -0.384. The fourth-order valence-electron chi connectivity index (χ4n) is 1.52. The summed E-state index contributed by atoms with van der Waals surface area (Å²) in [6.45, 7) is 2.75. The molecule has 100 valence electrons. The van der Waals surface area contributed by atoms with Gasteiger partial charge in [-0.25, -0.2) is 0 Å². The molecule has 18 heavy (non-hydrogen) atoms. The smallest absolute Gasteiger partial charge is 0.273 e. The lowest BCUT2D eigenvalue weighted by atomic mass is 10.1. The van der Waals surface area contributed by atoms with Gasteiger partial charge in [-0.1, -0.05) is 6.92 Å². The van der Waals surface area contributed by atoms with E-state index in [1.165, 1.54) is 12.1 Å². The van der Waals surface area contributed by atoms with E-state index in [-0.39, 0.29) is 18.2 Å². The number of benzene rings is 1. The molecule has 7 heteroatoms. The minimum Gasteiger partial charge on any atom is -0.396 e. The second-order valence-electron chi connectivity index (χ2n) is 4.17. The first-order chi connectivity index (χ1) is 8.56. The molecular formula is C11H18N4O3. The average molecular weight is 254 g/mol. The number of hydrogen-bond acceptors (Lipinski definition) is 6. The Morgan fingerprint density at radius 1 is 1.44 bits per heavy atom. The maximum absolute atomic E-state index is 10.7. The first kappa shape index (κ1) is 14.2. The van der Waals surface area contributed by atoms with Gasteiger partial charge in [0.25, 0.3) is 5.69 Å². The number of nitrogen functional groups attached to an aromatic ring is 1. The highest BCUT2D eigenvalue weighted by molar-refractivity contribution is 5.63. The van der Waals surface area contributed by atoms with Crippen LogP contribution >= 0.6 is 0 Å². The molecule has 1 atom stereocenters. The number of nitrogens with zero attached hydrogens (tertiary/aromatic N) is 1. The van der Waals surface area contributed by atoms with Crippen molar-refractivity contribution in [1.82, 2.24) is 0 Å². The van der Waals surface area contributed by atoms with Crippen molar-refractivity contribution in [3.8, 4) is 0 Å². The predicted molar refractivity (Wildman–Crippen MR) is 70.3 cm³/mol. The molecule has 0 saturated carbocycles. The lowest BCUT2D eigenvalue weighted by Gasteiger charge is -2.13. The van der Waals surface area contributed by atoms with Gasteiger partial charge < -0.3 is 15.8 Å². The van der Waals surface area contributed by atoms with E-state index in [0.717, 1.165) is 0 Å². The third-order valence-electron chi connectivity index (χ3n) is 2.57. The SMILES string of the molecule is CC(CCO)CNc1cc(NN)cc([N+](=O)[O-])c1.